The van der Waals surface area contributed by atoms with E-state index in [1.807, 2.05) is 0 Å². The molecule has 0 saturated carbocycles. The summed E-state index contributed by atoms with van der Waals surface area (Å²) >= 11 is 5.38. The quantitative estimate of drug-likeness (QED) is 0.633. The van der Waals surface area contributed by atoms with Gasteiger partial charge in [0, 0.05) is 5.88 Å². The predicted octanol–water partition coefficient (Wildman–Crippen LogP) is 4.12. The van der Waals surface area contributed by atoms with Crippen LogP contribution in [0.4, 0.5) is 0 Å². The molecule has 0 atom stereocenters. The molecule has 0 aliphatic carbocycles. The minimum atomic E-state index is -1.11. The average Bonchev–Trinajstić information content (AvgIpc) is 2.36. The molecular weight excluding hydrogens is 280 g/mol. The molecule has 0 bridgehead atoms. The highest BCUT2D eigenvalue weighted by Crippen LogP contribution is 2.16. The highest BCUT2D eigenvalue weighted by molar-refractivity contribution is 6.17. The Hall–Kier alpha value is -1.55. The Morgan fingerprint density at radius 2 is 1.45 bits per heavy atom. The first-order chi connectivity index (χ1) is 9.34. The van der Waals surface area contributed by atoms with Crippen molar-refractivity contribution in [3.8, 4) is 0 Å². The lowest BCUT2D eigenvalue weighted by atomic mass is 10.0. The summed E-state index contributed by atoms with van der Waals surface area (Å²) in [5.41, 5.74) is 1.21. The van der Waals surface area contributed by atoms with Gasteiger partial charge in [-0.3, -0.25) is 0 Å². The Morgan fingerprint density at radius 3 is 1.70 bits per heavy atom. The van der Waals surface area contributed by atoms with Gasteiger partial charge in [-0.1, -0.05) is 25.8 Å². The van der Waals surface area contributed by atoms with Crippen LogP contribution in [0.3, 0.4) is 0 Å². The van der Waals surface area contributed by atoms with Gasteiger partial charge < -0.3 is 10.2 Å². The molecule has 0 amide bonds. The number of carboxylic acids is 2. The second kappa shape index (κ2) is 9.37. The monoisotopic (exact) mass is 300 g/mol. The fourth-order valence-corrected chi connectivity index (χ4v) is 1.85. The number of aromatic carboxylic acids is 2. The van der Waals surface area contributed by atoms with E-state index in [0.717, 1.165) is 5.88 Å². The third kappa shape index (κ3) is 6.06. The molecule has 20 heavy (non-hydrogen) atoms. The van der Waals surface area contributed by atoms with Gasteiger partial charge in [-0.05, 0) is 37.5 Å². The van der Waals surface area contributed by atoms with Crippen molar-refractivity contribution in [3.63, 3.8) is 0 Å². The number of carboxylic acid groups (broad SMARTS) is 2. The van der Waals surface area contributed by atoms with E-state index in [4.69, 9.17) is 21.8 Å². The number of hydrogen-bond acceptors (Lipinski definition) is 2. The molecule has 0 spiro atoms. The molecule has 1 aromatic carbocycles. The molecule has 0 fully saturated rings. The molecule has 0 saturated heterocycles. The zero-order chi connectivity index (χ0) is 15.7. The van der Waals surface area contributed by atoms with E-state index in [0.29, 0.717) is 11.1 Å². The molecule has 0 aliphatic heterocycles. The number of carbonyl (C=O) groups is 2. The molecule has 5 heteroatoms. The largest absolute Gasteiger partial charge is 0.478 e. The van der Waals surface area contributed by atoms with Crippen molar-refractivity contribution < 1.29 is 19.8 Å². The number of unbranched alkanes of at least 4 members (excludes halogenated alkanes) is 2. The second-order valence-corrected chi connectivity index (χ2v) is 4.87. The zero-order valence-corrected chi connectivity index (χ0v) is 12.8. The number of hydrogen-bond donors (Lipinski definition) is 2. The van der Waals surface area contributed by atoms with Crippen molar-refractivity contribution in [2.45, 2.75) is 40.0 Å². The molecular formula is C15H21ClO4. The van der Waals surface area contributed by atoms with Crippen LogP contribution in [0.15, 0.2) is 12.1 Å². The van der Waals surface area contributed by atoms with Gasteiger partial charge in [-0.15, -0.1) is 11.6 Å². The van der Waals surface area contributed by atoms with Crippen LogP contribution in [0.2, 0.25) is 0 Å². The summed E-state index contributed by atoms with van der Waals surface area (Å²) in [7, 11) is 0. The van der Waals surface area contributed by atoms with E-state index < -0.39 is 11.9 Å². The van der Waals surface area contributed by atoms with Crippen LogP contribution >= 0.6 is 11.6 Å². The summed E-state index contributed by atoms with van der Waals surface area (Å²) in [5, 5.41) is 17.5. The Labute approximate surface area is 124 Å². The van der Waals surface area contributed by atoms with Crippen molar-refractivity contribution in [2.75, 3.05) is 5.88 Å². The van der Waals surface area contributed by atoms with Crippen molar-refractivity contribution in [3.05, 3.63) is 34.4 Å². The third-order valence-electron chi connectivity index (χ3n) is 2.77. The van der Waals surface area contributed by atoms with Crippen LogP contribution in [0.1, 0.15) is 58.0 Å². The minimum Gasteiger partial charge on any atom is -0.478 e. The molecule has 0 heterocycles. The topological polar surface area (TPSA) is 74.6 Å². The standard InChI is InChI=1S/C10H10O4.C5H11Cl/c1-5-3-6(2)8(10(13)14)4-7(5)9(11)12;1-2-3-4-5-6/h3-4H,1-2H3,(H,11,12)(H,13,14);2-5H2,1H3. The predicted molar refractivity (Wildman–Crippen MR) is 80.1 cm³/mol. The molecule has 0 radical (unpaired) electrons. The van der Waals surface area contributed by atoms with E-state index >= 15 is 0 Å². The number of aryl methyl sites for hydroxylation is 2. The maximum absolute atomic E-state index is 10.7. The van der Waals surface area contributed by atoms with Gasteiger partial charge in [-0.25, -0.2) is 9.59 Å². The van der Waals surface area contributed by atoms with E-state index in [-0.39, 0.29) is 11.1 Å². The molecule has 1 rings (SSSR count). The zero-order valence-electron chi connectivity index (χ0n) is 12.1. The summed E-state index contributed by atoms with van der Waals surface area (Å²) in [6, 6.07) is 2.75. The van der Waals surface area contributed by atoms with E-state index in [2.05, 4.69) is 6.92 Å². The van der Waals surface area contributed by atoms with Crippen molar-refractivity contribution in [2.24, 2.45) is 0 Å². The van der Waals surface area contributed by atoms with Crippen LogP contribution in [0, 0.1) is 13.8 Å². The summed E-state index contributed by atoms with van der Waals surface area (Å²) in [6.45, 7) is 5.46. The van der Waals surface area contributed by atoms with Gasteiger partial charge in [0.1, 0.15) is 0 Å². The first-order valence-electron chi connectivity index (χ1n) is 6.48. The van der Waals surface area contributed by atoms with Crippen LogP contribution in [0.25, 0.3) is 0 Å². The molecule has 0 aromatic heterocycles. The van der Waals surface area contributed by atoms with Gasteiger partial charge in [0.2, 0.25) is 0 Å². The smallest absolute Gasteiger partial charge is 0.335 e. The maximum atomic E-state index is 10.7. The second-order valence-electron chi connectivity index (χ2n) is 4.49. The number of rotatable bonds is 5. The lowest BCUT2D eigenvalue weighted by Gasteiger charge is -2.05. The summed E-state index contributed by atoms with van der Waals surface area (Å²) < 4.78 is 0. The lowest BCUT2D eigenvalue weighted by molar-refractivity contribution is 0.0695. The first kappa shape index (κ1) is 18.4. The number of alkyl halides is 1. The van der Waals surface area contributed by atoms with Gasteiger partial charge in [-0.2, -0.15) is 0 Å². The Bertz CT molecular complexity index is 430. The Balaban J connectivity index is 0.000000511. The van der Waals surface area contributed by atoms with E-state index in [9.17, 15) is 9.59 Å². The van der Waals surface area contributed by atoms with Gasteiger partial charge in [0.15, 0.2) is 0 Å². The van der Waals surface area contributed by atoms with Gasteiger partial charge >= 0.3 is 11.9 Å². The number of halogens is 1. The minimum absolute atomic E-state index is 0.0352. The van der Waals surface area contributed by atoms with E-state index in [1.54, 1.807) is 19.9 Å². The summed E-state index contributed by atoms with van der Waals surface area (Å²) in [6.07, 6.45) is 3.73. The maximum Gasteiger partial charge on any atom is 0.335 e. The van der Waals surface area contributed by atoms with Gasteiger partial charge in [0.25, 0.3) is 0 Å². The highest BCUT2D eigenvalue weighted by atomic mass is 35.5. The molecule has 0 aliphatic rings. The fourth-order valence-electron chi connectivity index (χ4n) is 1.66. The molecule has 1 aromatic rings. The Morgan fingerprint density at radius 1 is 1.00 bits per heavy atom. The molecule has 112 valence electrons. The average molecular weight is 301 g/mol. The SMILES string of the molecule is CCCCCCl.Cc1cc(C)c(C(=O)O)cc1C(=O)O. The lowest BCUT2D eigenvalue weighted by Crippen LogP contribution is -2.06. The molecule has 0 unspecified atom stereocenters. The third-order valence-corrected chi connectivity index (χ3v) is 3.04. The van der Waals surface area contributed by atoms with Crippen LogP contribution in [-0.4, -0.2) is 28.0 Å². The molecule has 2 N–H and O–H groups in total. The van der Waals surface area contributed by atoms with Crippen LogP contribution < -0.4 is 0 Å². The first-order valence-corrected chi connectivity index (χ1v) is 7.02. The fraction of sp³-hybridized carbons (Fsp3) is 0.467. The number of benzene rings is 1. The van der Waals surface area contributed by atoms with Crippen molar-refractivity contribution in [1.82, 2.24) is 0 Å². The summed E-state index contributed by atoms with van der Waals surface area (Å²) in [5.74, 6) is -1.39. The summed E-state index contributed by atoms with van der Waals surface area (Å²) in [4.78, 5) is 21.4. The highest BCUT2D eigenvalue weighted by Gasteiger charge is 2.14. The van der Waals surface area contributed by atoms with Crippen molar-refractivity contribution >= 4 is 23.5 Å². The van der Waals surface area contributed by atoms with Crippen molar-refractivity contribution in [1.29, 1.82) is 0 Å². The van der Waals surface area contributed by atoms with Gasteiger partial charge in [0.05, 0.1) is 11.1 Å². The normalized spacial score (nSPS) is 9.60. The van der Waals surface area contributed by atoms with Crippen LogP contribution in [0.5, 0.6) is 0 Å². The van der Waals surface area contributed by atoms with E-state index in [1.165, 1.54) is 25.3 Å². The molecule has 4 nitrogen and oxygen atoms in total. The van der Waals surface area contributed by atoms with Crippen LogP contribution in [-0.2, 0) is 0 Å². The Kier molecular flexibility index (Phi) is 8.64.